The summed E-state index contributed by atoms with van der Waals surface area (Å²) in [7, 11) is 1.66. The van der Waals surface area contributed by atoms with E-state index >= 15 is 0 Å². The summed E-state index contributed by atoms with van der Waals surface area (Å²) in [4.78, 5) is 11.4. The molecule has 0 bridgehead atoms. The highest BCUT2D eigenvalue weighted by Crippen LogP contribution is 2.24. The number of carbonyl (C=O) groups excluding carboxylic acids is 1. The quantitative estimate of drug-likeness (QED) is 0.852. The van der Waals surface area contributed by atoms with Crippen molar-refractivity contribution in [2.45, 2.75) is 39.7 Å². The van der Waals surface area contributed by atoms with Gasteiger partial charge in [0.1, 0.15) is 5.75 Å². The first-order valence-corrected chi connectivity index (χ1v) is 6.06. The second-order valence-electron chi connectivity index (χ2n) is 4.11. The summed E-state index contributed by atoms with van der Waals surface area (Å²) in [5, 5.41) is 3.02. The summed E-state index contributed by atoms with van der Waals surface area (Å²) in [6.45, 7) is 5.94. The van der Waals surface area contributed by atoms with Crippen LogP contribution in [-0.4, -0.2) is 13.0 Å². The second kappa shape index (κ2) is 6.28. The van der Waals surface area contributed by atoms with Gasteiger partial charge >= 0.3 is 0 Å². The van der Waals surface area contributed by atoms with Crippen LogP contribution in [0.15, 0.2) is 18.2 Å². The van der Waals surface area contributed by atoms with Crippen molar-refractivity contribution in [1.29, 1.82) is 0 Å². The van der Waals surface area contributed by atoms with Gasteiger partial charge in [0.15, 0.2) is 0 Å². The molecule has 0 unspecified atom stereocenters. The Morgan fingerprint density at radius 3 is 2.59 bits per heavy atom. The van der Waals surface area contributed by atoms with Crippen LogP contribution < -0.4 is 10.1 Å². The monoisotopic (exact) mass is 235 g/mol. The molecule has 1 N–H and O–H groups in total. The van der Waals surface area contributed by atoms with Crippen LogP contribution in [0, 0.1) is 6.92 Å². The zero-order valence-corrected chi connectivity index (χ0v) is 11.0. The highest BCUT2D eigenvalue weighted by molar-refractivity contribution is 5.76. The lowest BCUT2D eigenvalue weighted by molar-refractivity contribution is -0.121. The van der Waals surface area contributed by atoms with Crippen molar-refractivity contribution < 1.29 is 9.53 Å². The molecule has 0 aliphatic rings. The molecular weight excluding hydrogens is 214 g/mol. The van der Waals surface area contributed by atoms with Crippen molar-refractivity contribution in [2.24, 2.45) is 0 Å². The molecule has 94 valence electrons. The molecule has 0 aromatic heterocycles. The number of aryl methyl sites for hydroxylation is 1. The Kier molecular flexibility index (Phi) is 5.01. The first-order valence-electron chi connectivity index (χ1n) is 6.06. The normalized spacial score (nSPS) is 12.0. The third-order valence-corrected chi connectivity index (χ3v) is 2.89. The van der Waals surface area contributed by atoms with Gasteiger partial charge in [0, 0.05) is 6.42 Å². The molecule has 3 heteroatoms. The van der Waals surface area contributed by atoms with E-state index in [2.05, 4.69) is 18.3 Å². The van der Waals surface area contributed by atoms with Crippen molar-refractivity contribution >= 4 is 5.91 Å². The average molecular weight is 235 g/mol. The number of amides is 1. The molecule has 0 fully saturated rings. The standard InChI is InChI=1S/C14H21NO2/c1-5-12(15-14(16)6-2)11-7-8-13(17-4)10(3)9-11/h7-9,12H,5-6H2,1-4H3,(H,15,16)/t12-/m0/s1. The zero-order chi connectivity index (χ0) is 12.8. The minimum Gasteiger partial charge on any atom is -0.496 e. The van der Waals surface area contributed by atoms with Crippen LogP contribution in [-0.2, 0) is 4.79 Å². The molecule has 1 aromatic carbocycles. The third-order valence-electron chi connectivity index (χ3n) is 2.89. The molecule has 0 spiro atoms. The number of hydrogen-bond acceptors (Lipinski definition) is 2. The number of carbonyl (C=O) groups is 1. The Hall–Kier alpha value is -1.51. The van der Waals surface area contributed by atoms with Crippen LogP contribution in [0.4, 0.5) is 0 Å². The molecule has 1 rings (SSSR count). The molecule has 0 heterocycles. The molecule has 1 atom stereocenters. The van der Waals surface area contributed by atoms with Gasteiger partial charge in [0.05, 0.1) is 13.2 Å². The van der Waals surface area contributed by atoms with Crippen LogP contribution in [0.1, 0.15) is 43.9 Å². The second-order valence-corrected chi connectivity index (χ2v) is 4.11. The van der Waals surface area contributed by atoms with Crippen molar-refractivity contribution in [3.05, 3.63) is 29.3 Å². The Bertz CT molecular complexity index is 388. The van der Waals surface area contributed by atoms with Crippen molar-refractivity contribution in [2.75, 3.05) is 7.11 Å². The van der Waals surface area contributed by atoms with Gasteiger partial charge in [-0.2, -0.15) is 0 Å². The summed E-state index contributed by atoms with van der Waals surface area (Å²) in [6, 6.07) is 6.12. The summed E-state index contributed by atoms with van der Waals surface area (Å²) in [5.41, 5.74) is 2.22. The number of ether oxygens (including phenoxy) is 1. The Morgan fingerprint density at radius 1 is 1.41 bits per heavy atom. The number of methoxy groups -OCH3 is 1. The minimum absolute atomic E-state index is 0.0883. The van der Waals surface area contributed by atoms with E-state index in [1.54, 1.807) is 7.11 Å². The van der Waals surface area contributed by atoms with Gasteiger partial charge in [-0.3, -0.25) is 4.79 Å². The van der Waals surface area contributed by atoms with Crippen LogP contribution in [0.3, 0.4) is 0 Å². The van der Waals surface area contributed by atoms with Crippen LogP contribution in [0.5, 0.6) is 5.75 Å². The van der Waals surface area contributed by atoms with E-state index in [1.807, 2.05) is 26.0 Å². The van der Waals surface area contributed by atoms with Crippen LogP contribution in [0.2, 0.25) is 0 Å². The Labute approximate surface area is 103 Å². The van der Waals surface area contributed by atoms with Gasteiger partial charge in [-0.25, -0.2) is 0 Å². The predicted octanol–water partition coefficient (Wildman–Crippen LogP) is 2.98. The number of benzene rings is 1. The highest BCUT2D eigenvalue weighted by Gasteiger charge is 2.12. The smallest absolute Gasteiger partial charge is 0.220 e. The average Bonchev–Trinajstić information content (AvgIpc) is 2.35. The summed E-state index contributed by atoms with van der Waals surface area (Å²) < 4.78 is 5.23. The fourth-order valence-corrected chi connectivity index (χ4v) is 1.84. The van der Waals surface area contributed by atoms with Crippen molar-refractivity contribution in [1.82, 2.24) is 5.32 Å². The van der Waals surface area contributed by atoms with Gasteiger partial charge in [0.2, 0.25) is 5.91 Å². The maximum absolute atomic E-state index is 11.4. The molecular formula is C14H21NO2. The topological polar surface area (TPSA) is 38.3 Å². The molecule has 0 saturated heterocycles. The molecule has 1 aromatic rings. The van der Waals surface area contributed by atoms with E-state index in [0.29, 0.717) is 6.42 Å². The lowest BCUT2D eigenvalue weighted by atomic mass is 10.0. The molecule has 0 radical (unpaired) electrons. The molecule has 0 saturated carbocycles. The van der Waals surface area contributed by atoms with Gasteiger partial charge < -0.3 is 10.1 Å². The van der Waals surface area contributed by atoms with E-state index in [-0.39, 0.29) is 11.9 Å². The van der Waals surface area contributed by atoms with E-state index < -0.39 is 0 Å². The summed E-state index contributed by atoms with van der Waals surface area (Å²) >= 11 is 0. The van der Waals surface area contributed by atoms with E-state index in [0.717, 1.165) is 23.3 Å². The molecule has 3 nitrogen and oxygen atoms in total. The lowest BCUT2D eigenvalue weighted by Crippen LogP contribution is -2.27. The highest BCUT2D eigenvalue weighted by atomic mass is 16.5. The maximum atomic E-state index is 11.4. The van der Waals surface area contributed by atoms with E-state index in [1.165, 1.54) is 0 Å². The molecule has 0 aliphatic heterocycles. The van der Waals surface area contributed by atoms with Gasteiger partial charge in [-0.05, 0) is 30.5 Å². The fraction of sp³-hybridized carbons (Fsp3) is 0.500. The van der Waals surface area contributed by atoms with E-state index in [9.17, 15) is 4.79 Å². The van der Waals surface area contributed by atoms with Gasteiger partial charge in [-0.1, -0.05) is 26.0 Å². The molecule has 0 aliphatic carbocycles. The lowest BCUT2D eigenvalue weighted by Gasteiger charge is -2.18. The number of rotatable bonds is 5. The van der Waals surface area contributed by atoms with E-state index in [4.69, 9.17) is 4.74 Å². The van der Waals surface area contributed by atoms with Crippen molar-refractivity contribution in [3.8, 4) is 5.75 Å². The molecule has 1 amide bonds. The first kappa shape index (κ1) is 13.6. The Balaban J connectivity index is 2.88. The van der Waals surface area contributed by atoms with Crippen molar-refractivity contribution in [3.63, 3.8) is 0 Å². The first-order chi connectivity index (χ1) is 8.12. The fourth-order valence-electron chi connectivity index (χ4n) is 1.84. The largest absolute Gasteiger partial charge is 0.496 e. The summed E-state index contributed by atoms with van der Waals surface area (Å²) in [6.07, 6.45) is 1.41. The Morgan fingerprint density at radius 2 is 2.12 bits per heavy atom. The van der Waals surface area contributed by atoms with Crippen LogP contribution in [0.25, 0.3) is 0 Å². The third kappa shape index (κ3) is 3.48. The number of hydrogen-bond donors (Lipinski definition) is 1. The molecule has 17 heavy (non-hydrogen) atoms. The maximum Gasteiger partial charge on any atom is 0.220 e. The summed E-state index contributed by atoms with van der Waals surface area (Å²) in [5.74, 6) is 0.968. The van der Waals surface area contributed by atoms with Gasteiger partial charge in [0.25, 0.3) is 0 Å². The minimum atomic E-state index is 0.0883. The van der Waals surface area contributed by atoms with Crippen LogP contribution >= 0.6 is 0 Å². The van der Waals surface area contributed by atoms with Gasteiger partial charge in [-0.15, -0.1) is 0 Å². The zero-order valence-electron chi connectivity index (χ0n) is 11.0. The predicted molar refractivity (Wildman–Crippen MR) is 69.2 cm³/mol. The number of nitrogens with one attached hydrogen (secondary N) is 1. The SMILES string of the molecule is CCC(=O)N[C@@H](CC)c1ccc(OC)c(C)c1.